The van der Waals surface area contributed by atoms with Crippen molar-refractivity contribution in [1.29, 1.82) is 0 Å². The molecule has 3 rings (SSSR count). The maximum absolute atomic E-state index is 13.5. The van der Waals surface area contributed by atoms with Gasteiger partial charge in [0.2, 0.25) is 0 Å². The van der Waals surface area contributed by atoms with Crippen LogP contribution in [0.4, 0.5) is 45.2 Å². The van der Waals surface area contributed by atoms with E-state index in [4.69, 9.17) is 5.73 Å². The van der Waals surface area contributed by atoms with Crippen LogP contribution < -0.4 is 5.73 Å². The molecule has 0 radical (unpaired) electrons. The number of rotatable bonds is 0. The molecule has 0 saturated carbocycles. The summed E-state index contributed by atoms with van der Waals surface area (Å²) >= 11 is 3.46. The number of nitrogen functional groups attached to an aromatic ring is 1. The van der Waals surface area contributed by atoms with Crippen molar-refractivity contribution >= 4 is 50.9 Å². The molecule has 12 heteroatoms. The Bertz CT molecular complexity index is 1380. The van der Waals surface area contributed by atoms with Crippen LogP contribution in [0.25, 0.3) is 0 Å². The molecule has 0 aromatic heterocycles. The van der Waals surface area contributed by atoms with Gasteiger partial charge in [0.25, 0.3) is 0 Å². The van der Waals surface area contributed by atoms with E-state index in [9.17, 15) is 39.5 Å². The summed E-state index contributed by atoms with van der Waals surface area (Å²) in [6, 6.07) is 6.78. The minimum atomic E-state index is -4.85. The Morgan fingerprint density at radius 1 is 0.486 bits per heavy atom. The van der Waals surface area contributed by atoms with Gasteiger partial charge >= 0.3 is 18.5 Å². The largest absolute Gasteiger partial charge is 0.416 e. The van der Waals surface area contributed by atoms with Crippen LogP contribution in [0.1, 0.15) is 38.9 Å². The fourth-order valence-electron chi connectivity index (χ4n) is 2.89. The summed E-state index contributed by atoms with van der Waals surface area (Å²) in [6.07, 6.45) is -14.2. The first-order valence-corrected chi connectivity index (χ1v) is 11.9. The average Bonchev–Trinajstić information content (AvgIpc) is 2.77. The molecule has 37 heavy (non-hydrogen) atoms. The van der Waals surface area contributed by atoms with Gasteiger partial charge < -0.3 is 5.73 Å². The van der Waals surface area contributed by atoms with Crippen LogP contribution in [0.3, 0.4) is 0 Å². The van der Waals surface area contributed by atoms with Crippen molar-refractivity contribution in [3.63, 3.8) is 0 Å². The third-order valence-corrected chi connectivity index (χ3v) is 6.64. The highest BCUT2D eigenvalue weighted by Crippen LogP contribution is 2.34. The number of anilines is 1. The maximum Gasteiger partial charge on any atom is 0.416 e. The van der Waals surface area contributed by atoms with Crippen molar-refractivity contribution < 1.29 is 39.5 Å². The van der Waals surface area contributed by atoms with Crippen molar-refractivity contribution in [2.75, 3.05) is 5.73 Å². The molecule has 0 aliphatic rings. The molecule has 0 spiro atoms. The molecule has 3 aromatic rings. The normalized spacial score (nSPS) is 11.9. The zero-order valence-corrected chi connectivity index (χ0v) is 22.2. The molecular formula is C25H10F9I2N. The summed E-state index contributed by atoms with van der Waals surface area (Å²) in [6.45, 7) is 0. The maximum atomic E-state index is 13.5. The van der Waals surface area contributed by atoms with E-state index in [1.165, 1.54) is 0 Å². The summed E-state index contributed by atoms with van der Waals surface area (Å²) in [5.74, 6) is 9.58. The highest BCUT2D eigenvalue weighted by atomic mass is 127. The van der Waals surface area contributed by atoms with Gasteiger partial charge in [-0.05, 0) is 93.7 Å². The molecule has 2 N–H and O–H groups in total. The van der Waals surface area contributed by atoms with Gasteiger partial charge in [-0.2, -0.15) is 39.5 Å². The standard InChI is InChI=1S/C25H10F9I2N/c26-23(27,28)17-5-7-20(35)13(9-17)1-3-15-11-19(25(32,33)34)12-16(22(15)37)4-2-14-10-18(24(29,30)31)6-8-21(14)36/h5-12H,37H2. The Morgan fingerprint density at radius 2 is 0.784 bits per heavy atom. The average molecular weight is 749 g/mol. The Hall–Kier alpha value is -2.59. The van der Waals surface area contributed by atoms with Crippen molar-refractivity contribution in [3.05, 3.63) is 94.6 Å². The summed E-state index contributed by atoms with van der Waals surface area (Å²) in [5.41, 5.74) is 1.61. The van der Waals surface area contributed by atoms with Gasteiger partial charge in [-0.25, -0.2) is 0 Å². The second kappa shape index (κ2) is 10.6. The molecule has 192 valence electrons. The number of alkyl halides is 9. The lowest BCUT2D eigenvalue weighted by atomic mass is 10.0. The van der Waals surface area contributed by atoms with Crippen LogP contribution in [0.5, 0.6) is 0 Å². The summed E-state index contributed by atoms with van der Waals surface area (Å²) in [5, 5.41) is 0. The molecule has 0 heterocycles. The number of benzene rings is 3. The van der Waals surface area contributed by atoms with E-state index >= 15 is 0 Å². The van der Waals surface area contributed by atoms with E-state index in [1.807, 2.05) is 0 Å². The second-order valence-electron chi connectivity index (χ2n) is 7.37. The van der Waals surface area contributed by atoms with E-state index < -0.39 is 35.2 Å². The SMILES string of the molecule is Nc1c(C#Cc2cc(C(F)(F)F)ccc2I)cc(C(F)(F)F)cc1C#Cc1cc(C(F)(F)F)ccc1I. The van der Waals surface area contributed by atoms with E-state index in [2.05, 4.69) is 23.7 Å². The van der Waals surface area contributed by atoms with Gasteiger partial charge in [0.15, 0.2) is 0 Å². The van der Waals surface area contributed by atoms with Crippen LogP contribution in [-0.2, 0) is 18.5 Å². The highest BCUT2D eigenvalue weighted by molar-refractivity contribution is 14.1. The fraction of sp³-hybridized carbons (Fsp3) is 0.120. The first-order chi connectivity index (χ1) is 17.0. The van der Waals surface area contributed by atoms with Crippen molar-refractivity contribution in [3.8, 4) is 23.7 Å². The molecule has 0 atom stereocenters. The van der Waals surface area contributed by atoms with Gasteiger partial charge in [0, 0.05) is 29.4 Å². The minimum absolute atomic E-state index is 0.0848. The zero-order valence-electron chi connectivity index (χ0n) is 17.9. The summed E-state index contributed by atoms with van der Waals surface area (Å²) in [7, 11) is 0. The van der Waals surface area contributed by atoms with E-state index in [0.717, 1.165) is 36.4 Å². The molecule has 3 aromatic carbocycles. The third kappa shape index (κ3) is 7.25. The Balaban J connectivity index is 2.15. The monoisotopic (exact) mass is 749 g/mol. The Labute approximate surface area is 231 Å². The van der Waals surface area contributed by atoms with Crippen molar-refractivity contribution in [2.24, 2.45) is 0 Å². The smallest absolute Gasteiger partial charge is 0.397 e. The molecule has 0 aliphatic heterocycles. The lowest BCUT2D eigenvalue weighted by molar-refractivity contribution is -0.138. The quantitative estimate of drug-likeness (QED) is 0.107. The van der Waals surface area contributed by atoms with Gasteiger partial charge in [-0.3, -0.25) is 0 Å². The molecule has 0 aliphatic carbocycles. The molecule has 0 fully saturated rings. The topological polar surface area (TPSA) is 26.0 Å². The first-order valence-electron chi connectivity index (χ1n) is 9.75. The first kappa shape index (κ1) is 29.0. The second-order valence-corrected chi connectivity index (χ2v) is 9.69. The van der Waals surface area contributed by atoms with Crippen LogP contribution in [0.2, 0.25) is 0 Å². The molecule has 0 bridgehead atoms. The predicted molar refractivity (Wildman–Crippen MR) is 136 cm³/mol. The number of nitrogens with two attached hydrogens (primary N) is 1. The predicted octanol–water partition coefficient (Wildman–Crippen LogP) is 8.33. The molecule has 1 nitrogen and oxygen atoms in total. The molecule has 0 saturated heterocycles. The Morgan fingerprint density at radius 3 is 1.11 bits per heavy atom. The number of hydrogen-bond acceptors (Lipinski definition) is 1. The third-order valence-electron chi connectivity index (χ3n) is 4.76. The molecular weight excluding hydrogens is 739 g/mol. The molecule has 0 unspecified atom stereocenters. The Kier molecular flexibility index (Phi) is 8.34. The van der Waals surface area contributed by atoms with Gasteiger partial charge in [-0.1, -0.05) is 23.7 Å². The molecule has 0 amide bonds. The summed E-state index contributed by atoms with van der Waals surface area (Å²) in [4.78, 5) is 0. The lowest BCUT2D eigenvalue weighted by Crippen LogP contribution is -2.08. The fourth-order valence-corrected chi connectivity index (χ4v) is 3.83. The van der Waals surface area contributed by atoms with Crippen molar-refractivity contribution in [2.45, 2.75) is 18.5 Å². The van der Waals surface area contributed by atoms with E-state index in [0.29, 0.717) is 19.3 Å². The van der Waals surface area contributed by atoms with Gasteiger partial charge in [0.1, 0.15) is 0 Å². The van der Waals surface area contributed by atoms with Crippen LogP contribution >= 0.6 is 45.2 Å². The van der Waals surface area contributed by atoms with Gasteiger partial charge in [-0.15, -0.1) is 0 Å². The van der Waals surface area contributed by atoms with Crippen LogP contribution in [-0.4, -0.2) is 0 Å². The zero-order chi connectivity index (χ0) is 27.8. The lowest BCUT2D eigenvalue weighted by Gasteiger charge is -2.11. The summed E-state index contributed by atoms with van der Waals surface area (Å²) < 4.78 is 119. The highest BCUT2D eigenvalue weighted by Gasteiger charge is 2.33. The number of hydrogen-bond donors (Lipinski definition) is 1. The van der Waals surface area contributed by atoms with Crippen LogP contribution in [0, 0.1) is 30.8 Å². The number of halogens is 11. The van der Waals surface area contributed by atoms with E-state index in [1.54, 1.807) is 45.2 Å². The van der Waals surface area contributed by atoms with Gasteiger partial charge in [0.05, 0.1) is 22.4 Å². The van der Waals surface area contributed by atoms with Crippen molar-refractivity contribution in [1.82, 2.24) is 0 Å². The van der Waals surface area contributed by atoms with E-state index in [-0.39, 0.29) is 27.9 Å². The minimum Gasteiger partial charge on any atom is -0.397 e. The van der Waals surface area contributed by atoms with Crippen LogP contribution in [0.15, 0.2) is 48.5 Å².